The molecule has 1 N–H and O–H groups in total. The van der Waals surface area contributed by atoms with E-state index in [0.717, 1.165) is 16.7 Å². The summed E-state index contributed by atoms with van der Waals surface area (Å²) in [5, 5.41) is 11.7. The Morgan fingerprint density at radius 1 is 1.06 bits per heavy atom. The number of thioether (sulfide) groups is 1. The SMILES string of the molecule is O=c1[nH]c(CSc2nnc(-c3ccc4c(c3)OCO4)o2)nc2scc(-c3ccc(Cl)cc3)c12. The summed E-state index contributed by atoms with van der Waals surface area (Å²) in [5.74, 6) is 2.61. The lowest BCUT2D eigenvalue weighted by Crippen LogP contribution is -2.10. The van der Waals surface area contributed by atoms with Gasteiger partial charge in [-0.1, -0.05) is 35.5 Å². The fourth-order valence-electron chi connectivity index (χ4n) is 3.45. The van der Waals surface area contributed by atoms with Crippen molar-refractivity contribution in [1.82, 2.24) is 20.2 Å². The van der Waals surface area contributed by atoms with Crippen LogP contribution in [-0.2, 0) is 5.75 Å². The highest BCUT2D eigenvalue weighted by Gasteiger charge is 2.18. The molecule has 0 radical (unpaired) electrons. The van der Waals surface area contributed by atoms with Gasteiger partial charge in [0.25, 0.3) is 10.8 Å². The van der Waals surface area contributed by atoms with Crippen LogP contribution >= 0.6 is 34.7 Å². The second-order valence-electron chi connectivity index (χ2n) is 7.08. The van der Waals surface area contributed by atoms with Crippen molar-refractivity contribution in [2.45, 2.75) is 11.0 Å². The minimum absolute atomic E-state index is 0.187. The summed E-state index contributed by atoms with van der Waals surface area (Å²) in [6.45, 7) is 0.199. The van der Waals surface area contributed by atoms with Gasteiger partial charge in [0.15, 0.2) is 11.5 Å². The lowest BCUT2D eigenvalue weighted by molar-refractivity contribution is 0.174. The minimum Gasteiger partial charge on any atom is -0.454 e. The molecule has 11 heteroatoms. The molecule has 0 aliphatic carbocycles. The molecule has 1 aliphatic rings. The van der Waals surface area contributed by atoms with Crippen LogP contribution in [0.4, 0.5) is 0 Å². The van der Waals surface area contributed by atoms with Crippen LogP contribution < -0.4 is 15.0 Å². The van der Waals surface area contributed by atoms with E-state index in [4.69, 9.17) is 25.5 Å². The van der Waals surface area contributed by atoms with Crippen molar-refractivity contribution in [1.29, 1.82) is 0 Å². The maximum atomic E-state index is 12.8. The van der Waals surface area contributed by atoms with E-state index in [9.17, 15) is 4.79 Å². The topological polar surface area (TPSA) is 103 Å². The molecule has 8 nitrogen and oxygen atoms in total. The van der Waals surface area contributed by atoms with E-state index in [-0.39, 0.29) is 12.4 Å². The van der Waals surface area contributed by atoms with Gasteiger partial charge in [-0.15, -0.1) is 21.5 Å². The van der Waals surface area contributed by atoms with Crippen molar-refractivity contribution in [3.8, 4) is 34.1 Å². The molecule has 0 unspecified atom stereocenters. The number of ether oxygens (including phenoxy) is 2. The molecule has 0 amide bonds. The van der Waals surface area contributed by atoms with E-state index in [2.05, 4.69) is 20.2 Å². The number of rotatable bonds is 5. The Morgan fingerprint density at radius 3 is 2.76 bits per heavy atom. The molecule has 0 saturated carbocycles. The maximum Gasteiger partial charge on any atom is 0.277 e. The van der Waals surface area contributed by atoms with Crippen molar-refractivity contribution in [2.75, 3.05) is 6.79 Å². The van der Waals surface area contributed by atoms with E-state index >= 15 is 0 Å². The molecular weight excluding hydrogens is 484 g/mol. The molecule has 6 rings (SSSR count). The molecule has 0 bridgehead atoms. The van der Waals surface area contributed by atoms with Crippen LogP contribution in [0.15, 0.2) is 62.3 Å². The Kier molecular flexibility index (Phi) is 5.05. The van der Waals surface area contributed by atoms with Gasteiger partial charge < -0.3 is 18.9 Å². The molecule has 2 aromatic carbocycles. The molecule has 0 spiro atoms. The Labute approximate surface area is 199 Å². The number of nitrogens with zero attached hydrogens (tertiary/aromatic N) is 3. The smallest absolute Gasteiger partial charge is 0.277 e. The Morgan fingerprint density at radius 2 is 1.88 bits per heavy atom. The Balaban J connectivity index is 1.21. The Bertz CT molecular complexity index is 1540. The van der Waals surface area contributed by atoms with E-state index < -0.39 is 0 Å². The summed E-state index contributed by atoms with van der Waals surface area (Å²) in [7, 11) is 0. The van der Waals surface area contributed by atoms with Gasteiger partial charge in [0.05, 0.1) is 11.1 Å². The van der Waals surface area contributed by atoms with Gasteiger partial charge >= 0.3 is 0 Å². The molecule has 3 aromatic heterocycles. The molecule has 1 aliphatic heterocycles. The monoisotopic (exact) mass is 496 g/mol. The fourth-order valence-corrected chi connectivity index (χ4v) is 5.17. The zero-order chi connectivity index (χ0) is 22.4. The van der Waals surface area contributed by atoms with Crippen molar-refractivity contribution >= 4 is 44.9 Å². The highest BCUT2D eigenvalue weighted by Crippen LogP contribution is 2.36. The average molecular weight is 497 g/mol. The van der Waals surface area contributed by atoms with Gasteiger partial charge in [-0.2, -0.15) is 0 Å². The summed E-state index contributed by atoms with van der Waals surface area (Å²) < 4.78 is 16.5. The highest BCUT2D eigenvalue weighted by atomic mass is 35.5. The number of halogens is 1. The molecule has 0 fully saturated rings. The number of hydrogen-bond acceptors (Lipinski definition) is 9. The van der Waals surface area contributed by atoms with Crippen LogP contribution in [0.1, 0.15) is 5.82 Å². The lowest BCUT2D eigenvalue weighted by atomic mass is 10.1. The zero-order valence-electron chi connectivity index (χ0n) is 16.7. The predicted molar refractivity (Wildman–Crippen MR) is 126 cm³/mol. The molecule has 4 heterocycles. The summed E-state index contributed by atoms with van der Waals surface area (Å²) in [6, 6.07) is 12.8. The second-order valence-corrected chi connectivity index (χ2v) is 9.30. The predicted octanol–water partition coefficient (Wildman–Crippen LogP) is 5.38. The van der Waals surface area contributed by atoms with Gasteiger partial charge in [-0.3, -0.25) is 4.79 Å². The number of fused-ring (bicyclic) bond motifs is 2. The number of aromatic amines is 1. The van der Waals surface area contributed by atoms with Crippen molar-refractivity contribution < 1.29 is 13.9 Å². The second kappa shape index (κ2) is 8.22. The molecule has 164 valence electrons. The number of aromatic nitrogens is 4. The van der Waals surface area contributed by atoms with E-state index in [0.29, 0.717) is 49.4 Å². The van der Waals surface area contributed by atoms with Crippen molar-refractivity contribution in [3.63, 3.8) is 0 Å². The number of thiophene rings is 1. The first kappa shape index (κ1) is 20.3. The van der Waals surface area contributed by atoms with E-state index in [1.54, 1.807) is 24.3 Å². The van der Waals surface area contributed by atoms with Gasteiger partial charge in [0, 0.05) is 21.5 Å². The average Bonchev–Trinajstić information content (AvgIpc) is 3.57. The van der Waals surface area contributed by atoms with Crippen molar-refractivity contribution in [2.24, 2.45) is 0 Å². The minimum atomic E-state index is -0.187. The lowest BCUT2D eigenvalue weighted by Gasteiger charge is -2.01. The van der Waals surface area contributed by atoms with Crippen LogP contribution in [0, 0.1) is 0 Å². The fraction of sp³-hybridized carbons (Fsp3) is 0.0909. The van der Waals surface area contributed by atoms with Crippen LogP contribution in [0.2, 0.25) is 5.02 Å². The first-order valence-electron chi connectivity index (χ1n) is 9.77. The molecule has 33 heavy (non-hydrogen) atoms. The third-order valence-corrected chi connectivity index (χ3v) is 6.96. The zero-order valence-corrected chi connectivity index (χ0v) is 19.1. The number of H-pyrrole nitrogens is 1. The van der Waals surface area contributed by atoms with Gasteiger partial charge in [0.1, 0.15) is 10.7 Å². The van der Waals surface area contributed by atoms with Gasteiger partial charge in [0.2, 0.25) is 12.7 Å². The van der Waals surface area contributed by atoms with Crippen LogP contribution in [0.3, 0.4) is 0 Å². The largest absolute Gasteiger partial charge is 0.454 e. The van der Waals surface area contributed by atoms with E-state index in [1.807, 2.05) is 23.6 Å². The quantitative estimate of drug-likeness (QED) is 0.324. The molecule has 0 atom stereocenters. The summed E-state index contributed by atoms with van der Waals surface area (Å²) in [4.78, 5) is 21.0. The van der Waals surface area contributed by atoms with Crippen molar-refractivity contribution in [3.05, 3.63) is 69.0 Å². The van der Waals surface area contributed by atoms with Crippen LogP contribution in [0.5, 0.6) is 11.5 Å². The standard InChI is InChI=1S/C22H13ClN4O4S2/c23-13-4-1-11(2-5-13)14-8-32-21-18(14)19(28)24-17(25-21)9-33-22-27-26-20(31-22)12-3-6-15-16(7-12)30-10-29-15/h1-8H,9-10H2,(H,24,25,28). The van der Waals surface area contributed by atoms with Crippen LogP contribution in [0.25, 0.3) is 32.8 Å². The Hall–Kier alpha value is -3.34. The number of nitrogens with one attached hydrogen (secondary N) is 1. The molecule has 0 saturated heterocycles. The van der Waals surface area contributed by atoms with Gasteiger partial charge in [-0.05, 0) is 35.9 Å². The first-order chi connectivity index (χ1) is 16.1. The summed E-state index contributed by atoms with van der Waals surface area (Å²) in [5.41, 5.74) is 2.31. The summed E-state index contributed by atoms with van der Waals surface area (Å²) in [6.07, 6.45) is 0. The third-order valence-electron chi connectivity index (χ3n) is 5.01. The first-order valence-corrected chi connectivity index (χ1v) is 12.0. The van der Waals surface area contributed by atoms with E-state index in [1.165, 1.54) is 23.1 Å². The normalized spacial score (nSPS) is 12.5. The highest BCUT2D eigenvalue weighted by molar-refractivity contribution is 7.98. The number of benzene rings is 2. The summed E-state index contributed by atoms with van der Waals surface area (Å²) >= 11 is 8.70. The van der Waals surface area contributed by atoms with Crippen LogP contribution in [-0.4, -0.2) is 27.0 Å². The third kappa shape index (κ3) is 3.86. The van der Waals surface area contributed by atoms with Gasteiger partial charge in [-0.25, -0.2) is 4.98 Å². The molecule has 5 aromatic rings. The maximum absolute atomic E-state index is 12.8. The molecular formula is C22H13ClN4O4S2. The number of hydrogen-bond donors (Lipinski definition) is 1.